The first-order valence-corrected chi connectivity index (χ1v) is 5.87. The van der Waals surface area contributed by atoms with Crippen molar-refractivity contribution in [3.05, 3.63) is 29.6 Å². The number of pyridine rings is 1. The minimum Gasteiger partial charge on any atom is -0.465 e. The lowest BCUT2D eigenvalue weighted by atomic mass is 10.1. The van der Waals surface area contributed by atoms with Crippen LogP contribution in [0.25, 0.3) is 0 Å². The van der Waals surface area contributed by atoms with Crippen LogP contribution in [0.4, 0.5) is 0 Å². The van der Waals surface area contributed by atoms with Gasteiger partial charge < -0.3 is 10.1 Å². The number of nitrogens with zero attached hydrogens (tertiary/aromatic N) is 1. The Bertz CT molecular complexity index is 413. The number of carbonyl (C=O) groups is 2. The van der Waals surface area contributed by atoms with Gasteiger partial charge in [0.2, 0.25) is 0 Å². The Morgan fingerprint density at radius 1 is 1.39 bits per heavy atom. The molecule has 0 fully saturated rings. The monoisotopic (exact) mass is 250 g/mol. The van der Waals surface area contributed by atoms with Gasteiger partial charge in [0.1, 0.15) is 5.69 Å². The van der Waals surface area contributed by atoms with Crippen LogP contribution in [0.15, 0.2) is 18.3 Å². The molecule has 0 saturated carbocycles. The van der Waals surface area contributed by atoms with E-state index in [1.54, 1.807) is 0 Å². The molecule has 0 aliphatic carbocycles. The quantitative estimate of drug-likeness (QED) is 0.807. The van der Waals surface area contributed by atoms with Crippen molar-refractivity contribution >= 4 is 11.9 Å². The molecule has 5 heteroatoms. The number of methoxy groups -OCH3 is 1. The molecule has 1 heterocycles. The number of carbonyl (C=O) groups excluding carboxylic acids is 2. The van der Waals surface area contributed by atoms with Crippen LogP contribution in [0.1, 0.15) is 41.1 Å². The van der Waals surface area contributed by atoms with E-state index in [2.05, 4.69) is 28.9 Å². The fraction of sp³-hybridized carbons (Fsp3) is 0.462. The zero-order chi connectivity index (χ0) is 13.5. The maximum absolute atomic E-state index is 11.7. The van der Waals surface area contributed by atoms with Gasteiger partial charge in [0.05, 0.1) is 12.7 Å². The Balaban J connectivity index is 2.56. The molecule has 5 nitrogen and oxygen atoms in total. The zero-order valence-electron chi connectivity index (χ0n) is 10.9. The van der Waals surface area contributed by atoms with Gasteiger partial charge in [-0.2, -0.15) is 0 Å². The molecule has 0 bridgehead atoms. The lowest BCUT2D eigenvalue weighted by Crippen LogP contribution is -2.26. The molecule has 1 N–H and O–H groups in total. The minimum atomic E-state index is -0.464. The van der Waals surface area contributed by atoms with Gasteiger partial charge in [-0.1, -0.05) is 13.8 Å². The van der Waals surface area contributed by atoms with Crippen LogP contribution in [-0.4, -0.2) is 30.5 Å². The van der Waals surface area contributed by atoms with Crippen molar-refractivity contribution < 1.29 is 14.3 Å². The zero-order valence-corrected chi connectivity index (χ0v) is 10.9. The average Bonchev–Trinajstić information content (AvgIpc) is 2.37. The van der Waals surface area contributed by atoms with E-state index >= 15 is 0 Å². The molecule has 1 aromatic rings. The van der Waals surface area contributed by atoms with E-state index in [9.17, 15) is 9.59 Å². The van der Waals surface area contributed by atoms with Crippen LogP contribution in [-0.2, 0) is 4.74 Å². The summed E-state index contributed by atoms with van der Waals surface area (Å²) in [6.45, 7) is 4.81. The fourth-order valence-corrected chi connectivity index (χ4v) is 1.33. The van der Waals surface area contributed by atoms with Crippen molar-refractivity contribution in [2.45, 2.75) is 20.3 Å². The Kier molecular flexibility index (Phi) is 5.30. The molecule has 0 aliphatic rings. The molecule has 0 saturated heterocycles. The fourth-order valence-electron chi connectivity index (χ4n) is 1.33. The third kappa shape index (κ3) is 4.16. The minimum absolute atomic E-state index is 0.230. The Labute approximate surface area is 107 Å². The van der Waals surface area contributed by atoms with E-state index in [1.807, 2.05) is 0 Å². The highest BCUT2D eigenvalue weighted by molar-refractivity contribution is 5.94. The van der Waals surface area contributed by atoms with Crippen molar-refractivity contribution in [1.82, 2.24) is 10.3 Å². The van der Waals surface area contributed by atoms with Gasteiger partial charge in [-0.3, -0.25) is 9.78 Å². The molecular formula is C13H18N2O3. The van der Waals surface area contributed by atoms with Gasteiger partial charge in [0.25, 0.3) is 5.91 Å². The van der Waals surface area contributed by atoms with Gasteiger partial charge in [0.15, 0.2) is 0 Å². The maximum atomic E-state index is 11.7. The van der Waals surface area contributed by atoms with Crippen molar-refractivity contribution in [3.8, 4) is 0 Å². The van der Waals surface area contributed by atoms with Gasteiger partial charge in [-0.05, 0) is 24.5 Å². The van der Waals surface area contributed by atoms with Crippen molar-refractivity contribution in [2.24, 2.45) is 5.92 Å². The largest absolute Gasteiger partial charge is 0.465 e. The molecule has 1 aromatic heterocycles. The van der Waals surface area contributed by atoms with Crippen molar-refractivity contribution in [3.63, 3.8) is 0 Å². The summed E-state index contributed by atoms with van der Waals surface area (Å²) in [4.78, 5) is 26.8. The molecule has 0 aromatic carbocycles. The van der Waals surface area contributed by atoms with Gasteiger partial charge in [-0.15, -0.1) is 0 Å². The molecule has 0 unspecified atom stereocenters. The predicted molar refractivity (Wildman–Crippen MR) is 67.4 cm³/mol. The van der Waals surface area contributed by atoms with Crippen LogP contribution in [0, 0.1) is 5.92 Å². The van der Waals surface area contributed by atoms with E-state index < -0.39 is 5.97 Å². The lowest BCUT2D eigenvalue weighted by molar-refractivity contribution is 0.0599. The highest BCUT2D eigenvalue weighted by atomic mass is 16.5. The van der Waals surface area contributed by atoms with E-state index in [-0.39, 0.29) is 5.91 Å². The number of rotatable bonds is 5. The molecule has 0 spiro atoms. The molecular weight excluding hydrogens is 232 g/mol. The molecule has 0 aliphatic heterocycles. The summed E-state index contributed by atoms with van der Waals surface area (Å²) < 4.78 is 4.55. The Hall–Kier alpha value is -1.91. The standard InChI is InChI=1S/C13H18N2O3/c1-9(2)6-7-14-12(16)11-5-4-10(8-15-11)13(17)18-3/h4-5,8-9H,6-7H2,1-3H3,(H,14,16). The smallest absolute Gasteiger partial charge is 0.339 e. The summed E-state index contributed by atoms with van der Waals surface area (Å²) in [6, 6.07) is 3.03. The number of amides is 1. The molecule has 0 atom stereocenters. The molecule has 0 radical (unpaired) electrons. The summed E-state index contributed by atoms with van der Waals surface area (Å²) in [5.74, 6) is -0.152. The number of hydrogen-bond donors (Lipinski definition) is 1. The number of nitrogens with one attached hydrogen (secondary N) is 1. The van der Waals surface area contributed by atoms with Crippen LogP contribution in [0.5, 0.6) is 0 Å². The van der Waals surface area contributed by atoms with Crippen LogP contribution >= 0.6 is 0 Å². The average molecular weight is 250 g/mol. The second kappa shape index (κ2) is 6.74. The number of esters is 1. The maximum Gasteiger partial charge on any atom is 0.339 e. The third-order valence-electron chi connectivity index (χ3n) is 2.42. The van der Waals surface area contributed by atoms with Gasteiger partial charge >= 0.3 is 5.97 Å². The number of hydrogen-bond acceptors (Lipinski definition) is 4. The number of ether oxygens (including phenoxy) is 1. The first-order valence-electron chi connectivity index (χ1n) is 5.87. The first-order chi connectivity index (χ1) is 8.54. The van der Waals surface area contributed by atoms with Crippen molar-refractivity contribution in [2.75, 3.05) is 13.7 Å². The van der Waals surface area contributed by atoms with E-state index in [4.69, 9.17) is 0 Å². The van der Waals surface area contributed by atoms with Crippen molar-refractivity contribution in [1.29, 1.82) is 0 Å². The summed E-state index contributed by atoms with van der Waals surface area (Å²) in [7, 11) is 1.30. The second-order valence-electron chi connectivity index (χ2n) is 4.36. The van der Waals surface area contributed by atoms with E-state index in [0.29, 0.717) is 23.7 Å². The van der Waals surface area contributed by atoms with Crippen LogP contribution < -0.4 is 5.32 Å². The Morgan fingerprint density at radius 2 is 2.11 bits per heavy atom. The second-order valence-corrected chi connectivity index (χ2v) is 4.36. The summed E-state index contributed by atoms with van der Waals surface area (Å²) in [5.41, 5.74) is 0.627. The summed E-state index contributed by atoms with van der Waals surface area (Å²) >= 11 is 0. The van der Waals surface area contributed by atoms with Crippen LogP contribution in [0.3, 0.4) is 0 Å². The summed E-state index contributed by atoms with van der Waals surface area (Å²) in [6.07, 6.45) is 2.26. The highest BCUT2D eigenvalue weighted by Gasteiger charge is 2.09. The van der Waals surface area contributed by atoms with E-state index in [0.717, 1.165) is 6.42 Å². The summed E-state index contributed by atoms with van der Waals surface area (Å²) in [5, 5.41) is 2.78. The Morgan fingerprint density at radius 3 is 2.61 bits per heavy atom. The lowest BCUT2D eigenvalue weighted by Gasteiger charge is -2.06. The number of aromatic nitrogens is 1. The molecule has 1 amide bonds. The highest BCUT2D eigenvalue weighted by Crippen LogP contribution is 2.02. The third-order valence-corrected chi connectivity index (χ3v) is 2.42. The SMILES string of the molecule is COC(=O)c1ccc(C(=O)NCCC(C)C)nc1. The molecule has 18 heavy (non-hydrogen) atoms. The van der Waals surface area contributed by atoms with Gasteiger partial charge in [-0.25, -0.2) is 4.79 Å². The van der Waals surface area contributed by atoms with Gasteiger partial charge in [0, 0.05) is 12.7 Å². The molecule has 98 valence electrons. The predicted octanol–water partition coefficient (Wildman–Crippen LogP) is 1.64. The van der Waals surface area contributed by atoms with Crippen LogP contribution in [0.2, 0.25) is 0 Å². The topological polar surface area (TPSA) is 68.3 Å². The normalized spacial score (nSPS) is 10.2. The van der Waals surface area contributed by atoms with E-state index in [1.165, 1.54) is 25.4 Å². The molecule has 1 rings (SSSR count). The first kappa shape index (κ1) is 14.2.